The Morgan fingerprint density at radius 1 is 0.700 bits per heavy atom. The van der Waals surface area contributed by atoms with Crippen molar-refractivity contribution in [3.8, 4) is 11.5 Å². The van der Waals surface area contributed by atoms with Crippen molar-refractivity contribution in [1.29, 1.82) is 0 Å². The molecule has 0 radical (unpaired) electrons. The molecular weight excluding hydrogens is 395 g/mol. The van der Waals surface area contributed by atoms with Crippen LogP contribution < -0.4 is 14.4 Å². The van der Waals surface area contributed by atoms with Crippen LogP contribution in [-0.2, 0) is 4.57 Å². The minimum Gasteiger partial charge on any atom is -0.414 e. The molecule has 4 aromatic rings. The summed E-state index contributed by atoms with van der Waals surface area (Å²) in [6.07, 6.45) is 3.33. The second-order valence-electron chi connectivity index (χ2n) is 6.55. The molecule has 1 aromatic heterocycles. The van der Waals surface area contributed by atoms with Gasteiger partial charge < -0.3 is 14.4 Å². The zero-order valence-electron chi connectivity index (χ0n) is 16.2. The molecule has 0 spiro atoms. The van der Waals surface area contributed by atoms with E-state index < -0.39 is 13.4 Å². The maximum atomic E-state index is 14.3. The van der Waals surface area contributed by atoms with Crippen LogP contribution in [0.25, 0.3) is 0 Å². The molecule has 30 heavy (non-hydrogen) atoms. The molecule has 0 aliphatic heterocycles. The summed E-state index contributed by atoms with van der Waals surface area (Å²) in [6.45, 7) is 0. The highest BCUT2D eigenvalue weighted by Gasteiger charge is 2.41. The lowest BCUT2D eigenvalue weighted by atomic mass is 10.2. The van der Waals surface area contributed by atoms with Gasteiger partial charge in [-0.1, -0.05) is 60.7 Å². The summed E-state index contributed by atoms with van der Waals surface area (Å²) in [7, 11) is -3.81. The number of rotatable bonds is 8. The van der Waals surface area contributed by atoms with Crippen LogP contribution in [0.2, 0.25) is 0 Å². The molecule has 0 fully saturated rings. The van der Waals surface area contributed by atoms with Gasteiger partial charge in [0.1, 0.15) is 11.5 Å². The summed E-state index contributed by atoms with van der Waals surface area (Å²) in [5.41, 5.74) is 1.48. The van der Waals surface area contributed by atoms with E-state index in [1.165, 1.54) is 0 Å². The molecule has 0 saturated heterocycles. The fourth-order valence-corrected chi connectivity index (χ4v) is 4.86. The highest BCUT2D eigenvalue weighted by Crippen LogP contribution is 2.60. The smallest absolute Gasteiger partial charge is 0.414 e. The van der Waals surface area contributed by atoms with Gasteiger partial charge in [-0.25, -0.2) is 4.57 Å². The number of nitrogens with zero attached hydrogens (tertiary/aromatic N) is 1. The first kappa shape index (κ1) is 19.7. The van der Waals surface area contributed by atoms with Crippen molar-refractivity contribution in [2.24, 2.45) is 0 Å². The quantitative estimate of drug-likeness (QED) is 0.330. The SMILES string of the molecule is O=P(Oc1ccccc1)(Oc1ccccc1)[C@@H](Nc1ccccc1)c1cccnc1. The third kappa shape index (κ3) is 4.88. The Morgan fingerprint density at radius 3 is 1.73 bits per heavy atom. The van der Waals surface area contributed by atoms with Gasteiger partial charge in [0.15, 0.2) is 5.78 Å². The summed E-state index contributed by atoms with van der Waals surface area (Å²) in [6, 6.07) is 31.2. The summed E-state index contributed by atoms with van der Waals surface area (Å²) in [5, 5.41) is 3.32. The average molecular weight is 416 g/mol. The molecule has 0 bridgehead atoms. The monoisotopic (exact) mass is 416 g/mol. The average Bonchev–Trinajstić information content (AvgIpc) is 2.80. The number of para-hydroxylation sites is 3. The van der Waals surface area contributed by atoms with E-state index in [1.807, 2.05) is 72.8 Å². The number of hydrogen-bond acceptors (Lipinski definition) is 5. The first-order valence-corrected chi connectivity index (χ1v) is 11.1. The largest absolute Gasteiger partial charge is 0.457 e. The van der Waals surface area contributed by atoms with Gasteiger partial charge in [-0.05, 0) is 42.5 Å². The zero-order chi connectivity index (χ0) is 20.7. The van der Waals surface area contributed by atoms with Gasteiger partial charge in [0.05, 0.1) is 0 Å². The molecule has 5 nitrogen and oxygen atoms in total. The lowest BCUT2D eigenvalue weighted by Gasteiger charge is -2.29. The first-order valence-electron chi connectivity index (χ1n) is 9.53. The van der Waals surface area contributed by atoms with E-state index in [9.17, 15) is 4.57 Å². The van der Waals surface area contributed by atoms with Gasteiger partial charge in [-0.3, -0.25) is 4.98 Å². The van der Waals surface area contributed by atoms with Crippen molar-refractivity contribution < 1.29 is 13.6 Å². The van der Waals surface area contributed by atoms with E-state index in [0.717, 1.165) is 5.69 Å². The predicted molar refractivity (Wildman–Crippen MR) is 119 cm³/mol. The van der Waals surface area contributed by atoms with Crippen LogP contribution in [-0.4, -0.2) is 4.98 Å². The Labute approximate surface area is 175 Å². The normalized spacial score (nSPS) is 12.0. The molecule has 0 aliphatic rings. The van der Waals surface area contributed by atoms with Crippen LogP contribution in [0.4, 0.5) is 5.69 Å². The van der Waals surface area contributed by atoms with Crippen LogP contribution in [0, 0.1) is 0 Å². The van der Waals surface area contributed by atoms with Gasteiger partial charge in [0.2, 0.25) is 0 Å². The topological polar surface area (TPSA) is 60.5 Å². The maximum Gasteiger partial charge on any atom is 0.457 e. The van der Waals surface area contributed by atoms with Gasteiger partial charge >= 0.3 is 7.60 Å². The fraction of sp³-hybridized carbons (Fsp3) is 0.0417. The van der Waals surface area contributed by atoms with Crippen LogP contribution in [0.5, 0.6) is 11.5 Å². The second-order valence-corrected chi connectivity index (χ2v) is 8.51. The van der Waals surface area contributed by atoms with Crippen molar-refractivity contribution >= 4 is 13.3 Å². The van der Waals surface area contributed by atoms with E-state index in [0.29, 0.717) is 17.1 Å². The van der Waals surface area contributed by atoms with E-state index in [1.54, 1.807) is 42.7 Å². The second kappa shape index (κ2) is 9.29. The third-order valence-corrected chi connectivity index (χ3v) is 6.34. The fourth-order valence-electron chi connectivity index (χ4n) is 2.96. The number of pyridine rings is 1. The molecule has 1 heterocycles. The van der Waals surface area contributed by atoms with Crippen molar-refractivity contribution in [2.75, 3.05) is 5.32 Å². The molecule has 3 aromatic carbocycles. The molecule has 1 atom stereocenters. The van der Waals surface area contributed by atoms with Crippen LogP contribution in [0.3, 0.4) is 0 Å². The Hall–Kier alpha value is -3.56. The lowest BCUT2D eigenvalue weighted by Crippen LogP contribution is -2.18. The number of hydrogen-bond donors (Lipinski definition) is 1. The van der Waals surface area contributed by atoms with E-state index in [2.05, 4.69) is 10.3 Å². The summed E-state index contributed by atoms with van der Waals surface area (Å²) < 4.78 is 26.4. The molecular formula is C24H21N2O3P. The molecule has 150 valence electrons. The predicted octanol–water partition coefficient (Wildman–Crippen LogP) is 6.54. The molecule has 0 unspecified atom stereocenters. The minimum absolute atomic E-state index is 0.459. The van der Waals surface area contributed by atoms with Gasteiger partial charge in [-0.15, -0.1) is 0 Å². The molecule has 6 heteroatoms. The molecule has 0 aliphatic carbocycles. The standard InChI is InChI=1S/C24H21N2O3P/c27-30(28-22-14-6-2-7-15-22,29-23-16-8-3-9-17-23)24(20-11-10-18-25-19-20)26-21-12-4-1-5-13-21/h1-19,24,26H/t24-/m1/s1. The number of aromatic nitrogens is 1. The molecule has 4 rings (SSSR count). The Kier molecular flexibility index (Phi) is 6.11. The summed E-state index contributed by atoms with van der Waals surface area (Å²) in [4.78, 5) is 4.20. The number of anilines is 1. The number of nitrogens with one attached hydrogen (secondary N) is 1. The van der Waals surface area contributed by atoms with E-state index in [4.69, 9.17) is 9.05 Å². The van der Waals surface area contributed by atoms with Crippen molar-refractivity contribution in [3.63, 3.8) is 0 Å². The van der Waals surface area contributed by atoms with Crippen LogP contribution in [0.1, 0.15) is 11.3 Å². The zero-order valence-corrected chi connectivity index (χ0v) is 17.1. The van der Waals surface area contributed by atoms with Crippen molar-refractivity contribution in [3.05, 3.63) is 121 Å². The first-order chi connectivity index (χ1) is 14.7. The minimum atomic E-state index is -3.81. The highest BCUT2D eigenvalue weighted by atomic mass is 31.2. The highest BCUT2D eigenvalue weighted by molar-refractivity contribution is 7.55. The Bertz CT molecular complexity index is 1050. The third-order valence-electron chi connectivity index (χ3n) is 4.35. The summed E-state index contributed by atoms with van der Waals surface area (Å²) in [5.74, 6) is 0.134. The van der Waals surface area contributed by atoms with Gasteiger partial charge in [-0.2, -0.15) is 0 Å². The molecule has 0 saturated carbocycles. The van der Waals surface area contributed by atoms with E-state index >= 15 is 0 Å². The molecule has 1 N–H and O–H groups in total. The number of benzene rings is 3. The van der Waals surface area contributed by atoms with Gasteiger partial charge in [0.25, 0.3) is 0 Å². The molecule has 0 amide bonds. The van der Waals surface area contributed by atoms with Crippen LogP contribution in [0.15, 0.2) is 116 Å². The summed E-state index contributed by atoms with van der Waals surface area (Å²) >= 11 is 0. The van der Waals surface area contributed by atoms with Crippen LogP contribution >= 0.6 is 7.60 Å². The Morgan fingerprint density at radius 2 is 1.23 bits per heavy atom. The maximum absolute atomic E-state index is 14.3. The Balaban J connectivity index is 1.78. The van der Waals surface area contributed by atoms with Gasteiger partial charge in [0, 0.05) is 23.6 Å². The van der Waals surface area contributed by atoms with Crippen molar-refractivity contribution in [1.82, 2.24) is 4.98 Å². The lowest BCUT2D eigenvalue weighted by molar-refractivity contribution is 0.376. The van der Waals surface area contributed by atoms with Crippen molar-refractivity contribution in [2.45, 2.75) is 5.78 Å². The van der Waals surface area contributed by atoms with E-state index in [-0.39, 0.29) is 0 Å².